The Morgan fingerprint density at radius 1 is 1.27 bits per heavy atom. The van der Waals surface area contributed by atoms with Crippen LogP contribution in [0.3, 0.4) is 0 Å². The minimum atomic E-state index is -0.734. The zero-order valence-corrected chi connectivity index (χ0v) is 8.85. The highest BCUT2D eigenvalue weighted by atomic mass is 19.1. The van der Waals surface area contributed by atoms with Gasteiger partial charge in [-0.25, -0.2) is 8.78 Å². The maximum Gasteiger partial charge on any atom is 0.129 e. The highest BCUT2D eigenvalue weighted by Crippen LogP contribution is 2.64. The van der Waals surface area contributed by atoms with E-state index in [1.807, 2.05) is 13.8 Å². The van der Waals surface area contributed by atoms with Gasteiger partial charge in [-0.15, -0.1) is 0 Å². The van der Waals surface area contributed by atoms with E-state index in [-0.39, 0.29) is 17.6 Å². The predicted octanol–water partition coefficient (Wildman–Crippen LogP) is 2.62. The van der Waals surface area contributed by atoms with E-state index in [4.69, 9.17) is 0 Å². The average molecular weight is 212 g/mol. The molecule has 1 aliphatic carbocycles. The maximum atomic E-state index is 13.6. The molecule has 1 fully saturated rings. The summed E-state index contributed by atoms with van der Waals surface area (Å²) in [6.07, 6.45) is 0.619. The lowest BCUT2D eigenvalue weighted by Crippen LogP contribution is -2.22. The molecule has 2 rings (SSSR count). The number of rotatable bonds is 2. The van der Waals surface area contributed by atoms with Crippen LogP contribution in [-0.2, 0) is 5.41 Å². The summed E-state index contributed by atoms with van der Waals surface area (Å²) in [5.74, 6) is -1.12. The molecule has 3 heteroatoms. The molecule has 1 aliphatic rings. The van der Waals surface area contributed by atoms with Gasteiger partial charge < -0.3 is 5.11 Å². The minimum Gasteiger partial charge on any atom is -0.395 e. The zero-order chi connectivity index (χ0) is 11.3. The molecule has 0 spiro atoms. The van der Waals surface area contributed by atoms with E-state index in [2.05, 4.69) is 0 Å². The highest BCUT2D eigenvalue weighted by molar-refractivity contribution is 5.39. The van der Waals surface area contributed by atoms with Crippen LogP contribution in [0, 0.1) is 17.0 Å². The quantitative estimate of drug-likeness (QED) is 0.799. The normalized spacial score (nSPS) is 27.8. The Balaban J connectivity index is 2.55. The van der Waals surface area contributed by atoms with Gasteiger partial charge in [-0.3, -0.25) is 0 Å². The van der Waals surface area contributed by atoms with Gasteiger partial charge in [0.25, 0.3) is 0 Å². The van der Waals surface area contributed by atoms with E-state index in [1.54, 1.807) is 0 Å². The van der Waals surface area contributed by atoms with Crippen LogP contribution in [0.15, 0.2) is 18.2 Å². The fourth-order valence-corrected chi connectivity index (χ4v) is 2.44. The first-order chi connectivity index (χ1) is 6.94. The first kappa shape index (κ1) is 10.6. The first-order valence-electron chi connectivity index (χ1n) is 5.00. The molecule has 1 aromatic carbocycles. The lowest BCUT2D eigenvalue weighted by molar-refractivity contribution is 0.224. The van der Waals surface area contributed by atoms with Crippen molar-refractivity contribution in [1.29, 1.82) is 0 Å². The third-order valence-corrected chi connectivity index (χ3v) is 3.63. The Hall–Kier alpha value is -0.960. The number of halogens is 2. The van der Waals surface area contributed by atoms with Gasteiger partial charge in [-0.1, -0.05) is 19.9 Å². The maximum absolute atomic E-state index is 13.6. The summed E-state index contributed by atoms with van der Waals surface area (Å²) in [5, 5.41) is 9.36. The van der Waals surface area contributed by atoms with Gasteiger partial charge >= 0.3 is 0 Å². The second-order valence-electron chi connectivity index (χ2n) is 4.90. The molecule has 1 N–H and O–H groups in total. The van der Waals surface area contributed by atoms with E-state index in [0.717, 1.165) is 0 Å². The molecule has 0 bridgehead atoms. The molecule has 1 saturated carbocycles. The fourth-order valence-electron chi connectivity index (χ4n) is 2.44. The van der Waals surface area contributed by atoms with Gasteiger partial charge in [-0.2, -0.15) is 0 Å². The van der Waals surface area contributed by atoms with E-state index in [1.165, 1.54) is 18.2 Å². The first-order valence-corrected chi connectivity index (χ1v) is 5.00. The van der Waals surface area contributed by atoms with E-state index in [9.17, 15) is 13.9 Å². The molecule has 1 nitrogen and oxygen atoms in total. The van der Waals surface area contributed by atoms with Gasteiger partial charge in [0.1, 0.15) is 11.6 Å². The van der Waals surface area contributed by atoms with Crippen LogP contribution in [0.25, 0.3) is 0 Å². The Bertz CT molecular complexity index is 380. The summed E-state index contributed by atoms with van der Waals surface area (Å²) >= 11 is 0. The topological polar surface area (TPSA) is 20.2 Å². The second-order valence-corrected chi connectivity index (χ2v) is 4.90. The summed E-state index contributed by atoms with van der Waals surface area (Å²) in [6.45, 7) is 3.61. The van der Waals surface area contributed by atoms with Crippen molar-refractivity contribution in [2.45, 2.75) is 25.7 Å². The van der Waals surface area contributed by atoms with Crippen LogP contribution in [0.2, 0.25) is 0 Å². The summed E-state index contributed by atoms with van der Waals surface area (Å²) in [6, 6.07) is 3.82. The van der Waals surface area contributed by atoms with Gasteiger partial charge in [0.15, 0.2) is 0 Å². The Morgan fingerprint density at radius 2 is 1.73 bits per heavy atom. The van der Waals surface area contributed by atoms with Crippen LogP contribution in [-0.4, -0.2) is 11.7 Å². The standard InChI is InChI=1S/C12H14F2O/c1-11(2)6-12(11,7-15)10-8(13)4-3-5-9(10)14/h3-5,15H,6-7H2,1-2H3. The molecule has 82 valence electrons. The van der Waals surface area contributed by atoms with Crippen molar-refractivity contribution >= 4 is 0 Å². The lowest BCUT2D eigenvalue weighted by atomic mass is 9.88. The summed E-state index contributed by atoms with van der Waals surface area (Å²) < 4.78 is 27.1. The molecule has 1 unspecified atom stereocenters. The molecule has 0 heterocycles. The van der Waals surface area contributed by atoms with Crippen molar-refractivity contribution in [1.82, 2.24) is 0 Å². The largest absolute Gasteiger partial charge is 0.395 e. The molecule has 15 heavy (non-hydrogen) atoms. The van der Waals surface area contributed by atoms with Crippen molar-refractivity contribution in [3.05, 3.63) is 35.4 Å². The molecule has 1 atom stereocenters. The van der Waals surface area contributed by atoms with Crippen molar-refractivity contribution in [3.8, 4) is 0 Å². The van der Waals surface area contributed by atoms with Gasteiger partial charge in [0.05, 0.1) is 6.61 Å². The number of hydrogen-bond donors (Lipinski definition) is 1. The van der Waals surface area contributed by atoms with Crippen LogP contribution >= 0.6 is 0 Å². The van der Waals surface area contributed by atoms with Gasteiger partial charge in [0, 0.05) is 11.0 Å². The number of hydrogen-bond acceptors (Lipinski definition) is 1. The predicted molar refractivity (Wildman–Crippen MR) is 53.5 cm³/mol. The summed E-state index contributed by atoms with van der Waals surface area (Å²) in [4.78, 5) is 0. The van der Waals surface area contributed by atoms with Crippen molar-refractivity contribution < 1.29 is 13.9 Å². The molecule has 0 amide bonds. The van der Waals surface area contributed by atoms with Gasteiger partial charge in [-0.05, 0) is 24.0 Å². The van der Waals surface area contributed by atoms with E-state index >= 15 is 0 Å². The fraction of sp³-hybridized carbons (Fsp3) is 0.500. The van der Waals surface area contributed by atoms with Crippen LogP contribution in [0.4, 0.5) is 8.78 Å². The molecule has 1 aromatic rings. The molecule has 0 radical (unpaired) electrons. The summed E-state index contributed by atoms with van der Waals surface area (Å²) in [5.41, 5.74) is -0.926. The van der Waals surface area contributed by atoms with Crippen molar-refractivity contribution in [2.24, 2.45) is 5.41 Å². The van der Waals surface area contributed by atoms with E-state index in [0.29, 0.717) is 6.42 Å². The Morgan fingerprint density at radius 3 is 2.07 bits per heavy atom. The lowest BCUT2D eigenvalue weighted by Gasteiger charge is -2.19. The number of aliphatic hydroxyl groups excluding tert-OH is 1. The third kappa shape index (κ3) is 1.29. The van der Waals surface area contributed by atoms with Gasteiger partial charge in [0.2, 0.25) is 0 Å². The SMILES string of the molecule is CC1(C)CC1(CO)c1c(F)cccc1F. The number of benzene rings is 1. The van der Waals surface area contributed by atoms with Crippen molar-refractivity contribution in [2.75, 3.05) is 6.61 Å². The second kappa shape index (κ2) is 3.01. The molecular weight excluding hydrogens is 198 g/mol. The molecular formula is C12H14F2O. The monoisotopic (exact) mass is 212 g/mol. The minimum absolute atomic E-state index is 0.0394. The average Bonchev–Trinajstić information content (AvgIpc) is 2.69. The highest BCUT2D eigenvalue weighted by Gasteiger charge is 2.63. The van der Waals surface area contributed by atoms with E-state index < -0.39 is 17.0 Å². The molecule has 0 saturated heterocycles. The van der Waals surface area contributed by atoms with Crippen molar-refractivity contribution in [3.63, 3.8) is 0 Å². The van der Waals surface area contributed by atoms with Crippen LogP contribution < -0.4 is 0 Å². The molecule has 0 aliphatic heterocycles. The van der Waals surface area contributed by atoms with Crippen LogP contribution in [0.5, 0.6) is 0 Å². The Kier molecular flexibility index (Phi) is 2.12. The third-order valence-electron chi connectivity index (χ3n) is 3.63. The Labute approximate surface area is 87.7 Å². The zero-order valence-electron chi connectivity index (χ0n) is 8.85. The number of aliphatic hydroxyl groups is 1. The molecule has 0 aromatic heterocycles. The summed E-state index contributed by atoms with van der Waals surface area (Å²) in [7, 11) is 0. The smallest absolute Gasteiger partial charge is 0.129 e. The van der Waals surface area contributed by atoms with Crippen LogP contribution in [0.1, 0.15) is 25.8 Å².